The van der Waals surface area contributed by atoms with Crippen molar-refractivity contribution in [2.45, 2.75) is 45.6 Å². The van der Waals surface area contributed by atoms with Crippen molar-refractivity contribution in [3.05, 3.63) is 57.0 Å². The molecule has 3 heterocycles. The fourth-order valence-corrected chi connectivity index (χ4v) is 5.97. The van der Waals surface area contributed by atoms with E-state index in [-0.39, 0.29) is 18.0 Å². The first-order chi connectivity index (χ1) is 15.1. The van der Waals surface area contributed by atoms with Crippen LogP contribution in [0.25, 0.3) is 10.2 Å². The fourth-order valence-electron chi connectivity index (χ4n) is 4.75. The molecule has 1 aromatic carbocycles. The van der Waals surface area contributed by atoms with Crippen molar-refractivity contribution in [2.24, 2.45) is 0 Å². The Balaban J connectivity index is 1.30. The standard InChI is InChI=1S/C24H28N4O2S/c1-17-6-5-7-18(14-17)26-10-12-27(13-11-26)21(29)15-28-16-25-23-22(24(28)30)19-8-3-2-4-9-20(19)31-23/h5-7,14,16H,2-4,8-13,15H2,1H3. The van der Waals surface area contributed by atoms with Gasteiger partial charge in [-0.05, 0) is 55.9 Å². The molecule has 0 N–H and O–H groups in total. The zero-order chi connectivity index (χ0) is 21.4. The maximum atomic E-state index is 13.2. The Morgan fingerprint density at radius 3 is 2.71 bits per heavy atom. The van der Waals surface area contributed by atoms with Crippen molar-refractivity contribution in [1.29, 1.82) is 0 Å². The molecule has 2 aromatic heterocycles. The molecule has 1 aliphatic heterocycles. The monoisotopic (exact) mass is 436 g/mol. The third kappa shape index (κ3) is 3.99. The van der Waals surface area contributed by atoms with Crippen LogP contribution in [0.1, 0.15) is 35.3 Å². The van der Waals surface area contributed by atoms with Crippen LogP contribution in [-0.2, 0) is 24.2 Å². The molecule has 1 aliphatic carbocycles. The van der Waals surface area contributed by atoms with Crippen molar-refractivity contribution < 1.29 is 4.79 Å². The number of aromatic nitrogens is 2. The number of nitrogens with zero attached hydrogens (tertiary/aromatic N) is 4. The number of hydrogen-bond donors (Lipinski definition) is 0. The second kappa shape index (κ2) is 8.46. The Hall–Kier alpha value is -2.67. The highest BCUT2D eigenvalue weighted by Crippen LogP contribution is 2.32. The van der Waals surface area contributed by atoms with E-state index >= 15 is 0 Å². The molecular weight excluding hydrogens is 408 g/mol. The molecule has 1 saturated heterocycles. The van der Waals surface area contributed by atoms with Crippen LogP contribution in [0.2, 0.25) is 0 Å². The van der Waals surface area contributed by atoms with Gasteiger partial charge in [-0.2, -0.15) is 0 Å². The lowest BCUT2D eigenvalue weighted by Gasteiger charge is -2.36. The van der Waals surface area contributed by atoms with Gasteiger partial charge >= 0.3 is 0 Å². The number of fused-ring (bicyclic) bond motifs is 3. The van der Waals surface area contributed by atoms with E-state index in [9.17, 15) is 9.59 Å². The molecule has 0 unspecified atom stereocenters. The number of benzene rings is 1. The Kier molecular flexibility index (Phi) is 5.52. The average Bonchev–Trinajstić information content (AvgIpc) is 2.98. The highest BCUT2D eigenvalue weighted by Gasteiger charge is 2.23. The first kappa shape index (κ1) is 20.2. The molecule has 162 valence electrons. The Labute approximate surface area is 186 Å². The highest BCUT2D eigenvalue weighted by molar-refractivity contribution is 7.18. The van der Waals surface area contributed by atoms with Crippen LogP contribution < -0.4 is 10.5 Å². The predicted octanol–water partition coefficient (Wildman–Crippen LogP) is 3.38. The summed E-state index contributed by atoms with van der Waals surface area (Å²) in [5.41, 5.74) is 3.57. The van der Waals surface area contributed by atoms with E-state index in [4.69, 9.17) is 0 Å². The number of carbonyl (C=O) groups excluding carboxylic acids is 1. The molecule has 1 fully saturated rings. The lowest BCUT2D eigenvalue weighted by molar-refractivity contribution is -0.132. The van der Waals surface area contributed by atoms with Gasteiger partial charge in [-0.15, -0.1) is 11.3 Å². The van der Waals surface area contributed by atoms with Crippen molar-refractivity contribution >= 4 is 33.1 Å². The van der Waals surface area contributed by atoms with E-state index in [1.165, 1.54) is 39.1 Å². The zero-order valence-corrected chi connectivity index (χ0v) is 18.8. The van der Waals surface area contributed by atoms with E-state index in [0.29, 0.717) is 13.1 Å². The van der Waals surface area contributed by atoms with Gasteiger partial charge in [0.15, 0.2) is 0 Å². The third-order valence-corrected chi connectivity index (χ3v) is 7.70. The van der Waals surface area contributed by atoms with Gasteiger partial charge in [0, 0.05) is 36.7 Å². The van der Waals surface area contributed by atoms with Gasteiger partial charge in [-0.25, -0.2) is 4.98 Å². The molecule has 3 aromatic rings. The summed E-state index contributed by atoms with van der Waals surface area (Å²) < 4.78 is 1.51. The topological polar surface area (TPSA) is 58.4 Å². The minimum atomic E-state index is -0.0591. The second-order valence-corrected chi connectivity index (χ2v) is 9.71. The summed E-state index contributed by atoms with van der Waals surface area (Å²) in [7, 11) is 0. The quantitative estimate of drug-likeness (QED) is 0.591. The SMILES string of the molecule is Cc1cccc(N2CCN(C(=O)Cn3cnc4sc5c(c4c3=O)CCCCC5)CC2)c1. The van der Waals surface area contributed by atoms with Crippen LogP contribution in [0.15, 0.2) is 35.4 Å². The van der Waals surface area contributed by atoms with Crippen LogP contribution in [0.3, 0.4) is 0 Å². The minimum Gasteiger partial charge on any atom is -0.368 e. The fraction of sp³-hybridized carbons (Fsp3) is 0.458. The molecule has 0 spiro atoms. The molecule has 0 atom stereocenters. The van der Waals surface area contributed by atoms with Gasteiger partial charge in [-0.1, -0.05) is 18.6 Å². The largest absolute Gasteiger partial charge is 0.368 e. The molecule has 5 rings (SSSR count). The smallest absolute Gasteiger partial charge is 0.262 e. The van der Waals surface area contributed by atoms with E-state index < -0.39 is 0 Å². The van der Waals surface area contributed by atoms with E-state index in [2.05, 4.69) is 41.1 Å². The maximum absolute atomic E-state index is 13.2. The molecule has 6 nitrogen and oxygen atoms in total. The van der Waals surface area contributed by atoms with Gasteiger partial charge < -0.3 is 9.80 Å². The molecule has 7 heteroatoms. The summed E-state index contributed by atoms with van der Waals surface area (Å²) in [4.78, 5) is 37.0. The van der Waals surface area contributed by atoms with Crippen LogP contribution >= 0.6 is 11.3 Å². The number of aryl methyl sites for hydroxylation is 3. The Bertz CT molecular complexity index is 1170. The second-order valence-electron chi connectivity index (χ2n) is 8.63. The Morgan fingerprint density at radius 1 is 1.10 bits per heavy atom. The molecule has 1 amide bonds. The molecule has 0 saturated carbocycles. The minimum absolute atomic E-state index is 0.00605. The summed E-state index contributed by atoms with van der Waals surface area (Å²) in [6, 6.07) is 8.47. The van der Waals surface area contributed by atoms with Gasteiger partial charge in [-0.3, -0.25) is 14.2 Å². The van der Waals surface area contributed by atoms with Crippen molar-refractivity contribution in [3.63, 3.8) is 0 Å². The number of carbonyl (C=O) groups is 1. The predicted molar refractivity (Wildman–Crippen MR) is 125 cm³/mol. The molecular formula is C24H28N4O2S. The normalized spacial score (nSPS) is 16.9. The number of thiophene rings is 1. The average molecular weight is 437 g/mol. The lowest BCUT2D eigenvalue weighted by Crippen LogP contribution is -2.50. The molecule has 31 heavy (non-hydrogen) atoms. The first-order valence-electron chi connectivity index (χ1n) is 11.2. The number of anilines is 1. The Morgan fingerprint density at radius 2 is 1.90 bits per heavy atom. The summed E-state index contributed by atoms with van der Waals surface area (Å²) in [6.07, 6.45) is 7.06. The molecule has 0 radical (unpaired) electrons. The summed E-state index contributed by atoms with van der Waals surface area (Å²) in [6.45, 7) is 5.12. The van der Waals surface area contributed by atoms with Crippen molar-refractivity contribution in [3.8, 4) is 0 Å². The number of piperazine rings is 1. The molecule has 0 bridgehead atoms. The summed E-state index contributed by atoms with van der Waals surface area (Å²) in [5, 5.41) is 0.751. The van der Waals surface area contributed by atoms with Gasteiger partial charge in [0.05, 0.1) is 11.7 Å². The summed E-state index contributed by atoms with van der Waals surface area (Å²) in [5.74, 6) is -0.00605. The highest BCUT2D eigenvalue weighted by atomic mass is 32.1. The number of rotatable bonds is 3. The maximum Gasteiger partial charge on any atom is 0.262 e. The number of amides is 1. The van der Waals surface area contributed by atoms with Gasteiger partial charge in [0.2, 0.25) is 5.91 Å². The number of hydrogen-bond acceptors (Lipinski definition) is 5. The van der Waals surface area contributed by atoms with Crippen LogP contribution in [0.4, 0.5) is 5.69 Å². The van der Waals surface area contributed by atoms with Crippen LogP contribution in [0, 0.1) is 6.92 Å². The van der Waals surface area contributed by atoms with Gasteiger partial charge in [0.25, 0.3) is 5.56 Å². The zero-order valence-electron chi connectivity index (χ0n) is 18.0. The van der Waals surface area contributed by atoms with Crippen LogP contribution in [0.5, 0.6) is 0 Å². The van der Waals surface area contributed by atoms with Crippen molar-refractivity contribution in [1.82, 2.24) is 14.5 Å². The summed E-state index contributed by atoms with van der Waals surface area (Å²) >= 11 is 1.66. The lowest BCUT2D eigenvalue weighted by atomic mass is 10.1. The van der Waals surface area contributed by atoms with E-state index in [0.717, 1.165) is 42.6 Å². The van der Waals surface area contributed by atoms with Gasteiger partial charge in [0.1, 0.15) is 11.4 Å². The third-order valence-electron chi connectivity index (χ3n) is 6.50. The first-order valence-corrected chi connectivity index (χ1v) is 12.0. The molecule has 2 aliphatic rings. The van der Waals surface area contributed by atoms with Crippen LogP contribution in [-0.4, -0.2) is 46.5 Å². The van der Waals surface area contributed by atoms with Crippen molar-refractivity contribution in [2.75, 3.05) is 31.1 Å². The van der Waals surface area contributed by atoms with E-state index in [1.54, 1.807) is 17.7 Å². The van der Waals surface area contributed by atoms with E-state index in [1.807, 2.05) is 4.90 Å².